The summed E-state index contributed by atoms with van der Waals surface area (Å²) in [6, 6.07) is 5.29. The van der Waals surface area contributed by atoms with Crippen LogP contribution >= 0.6 is 0 Å². The van der Waals surface area contributed by atoms with E-state index >= 15 is 0 Å². The Morgan fingerprint density at radius 2 is 2.10 bits per heavy atom. The summed E-state index contributed by atoms with van der Waals surface area (Å²) in [4.78, 5) is 31.0. The Morgan fingerprint density at radius 1 is 1.30 bits per heavy atom. The Bertz CT molecular complexity index is 904. The lowest BCUT2D eigenvalue weighted by molar-refractivity contribution is 0.364. The van der Waals surface area contributed by atoms with Gasteiger partial charge >= 0.3 is 5.69 Å². The van der Waals surface area contributed by atoms with Gasteiger partial charge in [-0.15, -0.1) is 0 Å². The third kappa shape index (κ3) is 2.03. The van der Waals surface area contributed by atoms with Gasteiger partial charge < -0.3 is 9.51 Å². The van der Waals surface area contributed by atoms with E-state index < -0.39 is 5.69 Å². The molecule has 0 amide bonds. The molecule has 0 fully saturated rings. The van der Waals surface area contributed by atoms with Crippen molar-refractivity contribution in [3.8, 4) is 0 Å². The summed E-state index contributed by atoms with van der Waals surface area (Å²) in [6.45, 7) is 3.51. The van der Waals surface area contributed by atoms with Gasteiger partial charge in [0.1, 0.15) is 6.54 Å². The smallest absolute Gasteiger partial charge is 0.329 e. The number of aromatic nitrogens is 4. The van der Waals surface area contributed by atoms with Crippen LogP contribution in [0.25, 0.3) is 10.9 Å². The summed E-state index contributed by atoms with van der Waals surface area (Å²) in [7, 11) is 0. The largest absolute Gasteiger partial charge is 0.337 e. The minimum Gasteiger partial charge on any atom is -0.337 e. The number of aryl methyl sites for hydroxylation is 2. The minimum atomic E-state index is -0.498. The molecule has 0 aliphatic carbocycles. The molecule has 2 heterocycles. The van der Waals surface area contributed by atoms with Crippen molar-refractivity contribution in [3.05, 3.63) is 56.3 Å². The third-order valence-electron chi connectivity index (χ3n) is 3.00. The number of H-pyrrole nitrogens is 1. The van der Waals surface area contributed by atoms with Crippen molar-refractivity contribution in [2.45, 2.75) is 20.4 Å². The number of hydrogen-bond donors (Lipinski definition) is 1. The van der Waals surface area contributed by atoms with Gasteiger partial charge in [0.15, 0.2) is 5.82 Å². The normalized spacial score (nSPS) is 11.1. The molecule has 0 atom stereocenters. The number of benzene rings is 1. The lowest BCUT2D eigenvalue weighted by Gasteiger charge is -2.04. The highest BCUT2D eigenvalue weighted by Gasteiger charge is 2.11. The second kappa shape index (κ2) is 4.44. The first kappa shape index (κ1) is 12.3. The highest BCUT2D eigenvalue weighted by molar-refractivity contribution is 5.77. The molecule has 102 valence electrons. The Morgan fingerprint density at radius 3 is 2.80 bits per heavy atom. The Labute approximate surface area is 112 Å². The maximum absolute atomic E-state index is 12.4. The van der Waals surface area contributed by atoms with Crippen LogP contribution < -0.4 is 11.2 Å². The average Bonchev–Trinajstić information content (AvgIpc) is 2.81. The summed E-state index contributed by atoms with van der Waals surface area (Å²) in [6.07, 6.45) is 0. The van der Waals surface area contributed by atoms with E-state index in [0.717, 1.165) is 10.1 Å². The molecule has 1 N–H and O–H groups in total. The van der Waals surface area contributed by atoms with Crippen molar-refractivity contribution in [2.24, 2.45) is 0 Å². The van der Waals surface area contributed by atoms with E-state index in [2.05, 4.69) is 15.1 Å². The molecule has 0 radical (unpaired) electrons. The van der Waals surface area contributed by atoms with Crippen LogP contribution in [0.3, 0.4) is 0 Å². The van der Waals surface area contributed by atoms with Gasteiger partial charge in [0.25, 0.3) is 5.56 Å². The van der Waals surface area contributed by atoms with Crippen molar-refractivity contribution in [3.63, 3.8) is 0 Å². The van der Waals surface area contributed by atoms with Gasteiger partial charge in [0.2, 0.25) is 5.89 Å². The fourth-order valence-corrected chi connectivity index (χ4v) is 2.05. The summed E-state index contributed by atoms with van der Waals surface area (Å²) in [5.41, 5.74) is 0.593. The van der Waals surface area contributed by atoms with Gasteiger partial charge in [-0.05, 0) is 26.0 Å². The number of rotatable bonds is 2. The SMILES string of the molecule is Cc1ccc2[nH]c(=O)n(Cc3nc(C)no3)c(=O)c2c1. The highest BCUT2D eigenvalue weighted by atomic mass is 16.5. The van der Waals surface area contributed by atoms with E-state index in [4.69, 9.17) is 4.52 Å². The fourth-order valence-electron chi connectivity index (χ4n) is 2.05. The molecule has 7 heteroatoms. The first-order valence-electron chi connectivity index (χ1n) is 6.07. The van der Waals surface area contributed by atoms with Crippen LogP contribution in [0.2, 0.25) is 0 Å². The van der Waals surface area contributed by atoms with Crippen LogP contribution in [0.15, 0.2) is 32.3 Å². The molecule has 3 rings (SSSR count). The van der Waals surface area contributed by atoms with E-state index in [1.165, 1.54) is 0 Å². The van der Waals surface area contributed by atoms with Crippen LogP contribution in [0.1, 0.15) is 17.3 Å². The monoisotopic (exact) mass is 272 g/mol. The maximum atomic E-state index is 12.4. The summed E-state index contributed by atoms with van der Waals surface area (Å²) in [5.74, 6) is 0.684. The Balaban J connectivity index is 2.20. The Hall–Kier alpha value is -2.70. The number of fused-ring (bicyclic) bond motifs is 1. The maximum Gasteiger partial charge on any atom is 0.329 e. The van der Waals surface area contributed by atoms with E-state index in [1.54, 1.807) is 19.1 Å². The van der Waals surface area contributed by atoms with Gasteiger partial charge in [0.05, 0.1) is 10.9 Å². The second-order valence-electron chi connectivity index (χ2n) is 4.61. The molecule has 1 aromatic carbocycles. The predicted molar refractivity (Wildman–Crippen MR) is 71.7 cm³/mol. The summed E-state index contributed by atoms with van der Waals surface area (Å²) < 4.78 is 5.99. The summed E-state index contributed by atoms with van der Waals surface area (Å²) >= 11 is 0. The Kier molecular flexibility index (Phi) is 2.74. The average molecular weight is 272 g/mol. The molecule has 0 saturated carbocycles. The van der Waals surface area contributed by atoms with Crippen LogP contribution in [-0.2, 0) is 6.54 Å². The molecular formula is C13H12N4O3. The van der Waals surface area contributed by atoms with E-state index in [0.29, 0.717) is 16.7 Å². The van der Waals surface area contributed by atoms with Gasteiger partial charge in [-0.1, -0.05) is 16.8 Å². The van der Waals surface area contributed by atoms with Crippen molar-refractivity contribution in [1.82, 2.24) is 19.7 Å². The van der Waals surface area contributed by atoms with Gasteiger partial charge in [-0.25, -0.2) is 4.79 Å². The lowest BCUT2D eigenvalue weighted by atomic mass is 10.2. The standard InChI is InChI=1S/C13H12N4O3/c1-7-3-4-10-9(5-7)12(18)17(13(19)15-10)6-11-14-8(2)16-20-11/h3-5H,6H2,1-2H3,(H,15,19). The molecule has 0 aliphatic heterocycles. The molecule has 20 heavy (non-hydrogen) atoms. The van der Waals surface area contributed by atoms with Gasteiger partial charge in [0, 0.05) is 0 Å². The number of hydrogen-bond acceptors (Lipinski definition) is 5. The number of nitrogens with one attached hydrogen (secondary N) is 1. The van der Waals surface area contributed by atoms with Crippen LogP contribution in [0.5, 0.6) is 0 Å². The molecule has 0 saturated heterocycles. The molecule has 2 aromatic heterocycles. The molecular weight excluding hydrogens is 260 g/mol. The van der Waals surface area contributed by atoms with E-state index in [-0.39, 0.29) is 18.0 Å². The quantitative estimate of drug-likeness (QED) is 0.742. The van der Waals surface area contributed by atoms with Gasteiger partial charge in [-0.2, -0.15) is 4.98 Å². The van der Waals surface area contributed by atoms with Crippen LogP contribution in [0, 0.1) is 13.8 Å². The van der Waals surface area contributed by atoms with Crippen molar-refractivity contribution in [2.75, 3.05) is 0 Å². The molecule has 0 bridgehead atoms. The van der Waals surface area contributed by atoms with Crippen molar-refractivity contribution >= 4 is 10.9 Å². The number of aromatic amines is 1. The summed E-state index contributed by atoms with van der Waals surface area (Å²) in [5, 5.41) is 4.09. The van der Waals surface area contributed by atoms with Crippen molar-refractivity contribution < 1.29 is 4.52 Å². The molecule has 0 aliphatic rings. The topological polar surface area (TPSA) is 93.8 Å². The molecule has 3 aromatic rings. The molecule has 0 unspecified atom stereocenters. The zero-order chi connectivity index (χ0) is 14.3. The first-order valence-corrected chi connectivity index (χ1v) is 6.07. The lowest BCUT2D eigenvalue weighted by Crippen LogP contribution is -2.35. The zero-order valence-electron chi connectivity index (χ0n) is 11.0. The van der Waals surface area contributed by atoms with Gasteiger partial charge in [-0.3, -0.25) is 9.36 Å². The fraction of sp³-hybridized carbons (Fsp3) is 0.231. The second-order valence-corrected chi connectivity index (χ2v) is 4.61. The number of nitrogens with zero attached hydrogens (tertiary/aromatic N) is 3. The molecule has 7 nitrogen and oxygen atoms in total. The first-order chi connectivity index (χ1) is 9.54. The van der Waals surface area contributed by atoms with Crippen LogP contribution in [0.4, 0.5) is 0 Å². The van der Waals surface area contributed by atoms with E-state index in [9.17, 15) is 9.59 Å². The third-order valence-corrected chi connectivity index (χ3v) is 3.00. The predicted octanol–water partition coefficient (Wildman–Crippen LogP) is 0.738. The minimum absolute atomic E-state index is 0.0428. The van der Waals surface area contributed by atoms with Crippen LogP contribution in [-0.4, -0.2) is 19.7 Å². The van der Waals surface area contributed by atoms with Crippen molar-refractivity contribution in [1.29, 1.82) is 0 Å². The molecule has 0 spiro atoms. The van der Waals surface area contributed by atoms with E-state index in [1.807, 2.05) is 13.0 Å². The zero-order valence-corrected chi connectivity index (χ0v) is 11.0. The highest BCUT2D eigenvalue weighted by Crippen LogP contribution is 2.08.